The summed E-state index contributed by atoms with van der Waals surface area (Å²) < 4.78 is 0. The van der Waals surface area contributed by atoms with E-state index in [0.717, 1.165) is 5.56 Å². The monoisotopic (exact) mass is 338 g/mol. The summed E-state index contributed by atoms with van der Waals surface area (Å²) in [6.07, 6.45) is 1.36. The van der Waals surface area contributed by atoms with Crippen LogP contribution in [0.4, 0.5) is 11.4 Å². The number of Topliss-reactive ketones (excluding diaryl/α,β-unsaturated/α-hetero) is 1. The number of amides is 1. The minimum atomic E-state index is -0.867. The van der Waals surface area contributed by atoms with E-state index in [4.69, 9.17) is 0 Å². The highest BCUT2D eigenvalue weighted by Gasteiger charge is 2.21. The molecular weight excluding hydrogens is 324 g/mol. The van der Waals surface area contributed by atoms with Crippen LogP contribution in [0, 0.1) is 17.0 Å². The average Bonchev–Trinajstić information content (AvgIpc) is 3.02. The minimum absolute atomic E-state index is 0.0715. The largest absolute Gasteiger partial charge is 0.360 e. The van der Waals surface area contributed by atoms with Crippen LogP contribution >= 0.6 is 0 Å². The molecule has 0 unspecified atom stereocenters. The zero-order chi connectivity index (χ0) is 18.0. The van der Waals surface area contributed by atoms with Crippen LogP contribution in [0.15, 0.2) is 48.7 Å². The zero-order valence-corrected chi connectivity index (χ0v) is 13.2. The second-order valence-electron chi connectivity index (χ2n) is 5.47. The molecule has 126 valence electrons. The summed E-state index contributed by atoms with van der Waals surface area (Å²) >= 11 is 0. The van der Waals surface area contributed by atoms with Crippen LogP contribution in [-0.4, -0.2) is 21.6 Å². The van der Waals surface area contributed by atoms with Gasteiger partial charge in [0.05, 0.1) is 16.2 Å². The lowest BCUT2D eigenvalue weighted by Crippen LogP contribution is -2.35. The maximum absolute atomic E-state index is 12.3. The van der Waals surface area contributed by atoms with Crippen molar-refractivity contribution < 1.29 is 14.5 Å². The van der Waals surface area contributed by atoms with Crippen LogP contribution in [0.5, 0.6) is 0 Å². The van der Waals surface area contributed by atoms with Gasteiger partial charge >= 0.3 is 5.91 Å². The van der Waals surface area contributed by atoms with Gasteiger partial charge in [-0.15, -0.1) is 0 Å². The molecule has 0 bridgehead atoms. The Hall–Kier alpha value is -3.68. The molecular formula is C17H14N4O4. The van der Waals surface area contributed by atoms with E-state index in [1.54, 1.807) is 12.1 Å². The van der Waals surface area contributed by atoms with Crippen LogP contribution in [0.25, 0.3) is 10.9 Å². The lowest BCUT2D eigenvalue weighted by atomic mass is 10.1. The van der Waals surface area contributed by atoms with Gasteiger partial charge in [0, 0.05) is 29.2 Å². The van der Waals surface area contributed by atoms with E-state index in [1.165, 1.54) is 24.4 Å². The van der Waals surface area contributed by atoms with Crippen molar-refractivity contribution in [2.45, 2.75) is 6.92 Å². The molecule has 1 aromatic heterocycles. The number of aromatic amines is 1. The zero-order valence-electron chi connectivity index (χ0n) is 13.2. The number of carbonyl (C=O) groups is 2. The summed E-state index contributed by atoms with van der Waals surface area (Å²) in [6.45, 7) is 1.90. The van der Waals surface area contributed by atoms with Gasteiger partial charge in [0.15, 0.2) is 0 Å². The summed E-state index contributed by atoms with van der Waals surface area (Å²) in [5.74, 6) is -1.67. The quantitative estimate of drug-likeness (QED) is 0.286. The summed E-state index contributed by atoms with van der Waals surface area (Å²) in [5, 5.41) is 11.2. The molecule has 25 heavy (non-hydrogen) atoms. The van der Waals surface area contributed by atoms with E-state index in [-0.39, 0.29) is 11.3 Å². The molecule has 0 aliphatic heterocycles. The number of carbonyl (C=O) groups excluding carboxylic acids is 2. The van der Waals surface area contributed by atoms with Crippen LogP contribution in [0.2, 0.25) is 0 Å². The van der Waals surface area contributed by atoms with Crippen LogP contribution in [0.3, 0.4) is 0 Å². The first-order chi connectivity index (χ1) is 12.0. The molecule has 0 aliphatic carbocycles. The fourth-order valence-electron chi connectivity index (χ4n) is 2.44. The van der Waals surface area contributed by atoms with Gasteiger partial charge in [-0.05, 0) is 30.7 Å². The smallest absolute Gasteiger partial charge is 0.310 e. The molecule has 1 amide bonds. The van der Waals surface area contributed by atoms with Gasteiger partial charge in [0.25, 0.3) is 11.5 Å². The Morgan fingerprint density at radius 1 is 1.16 bits per heavy atom. The van der Waals surface area contributed by atoms with E-state index >= 15 is 0 Å². The molecule has 8 heteroatoms. The Morgan fingerprint density at radius 2 is 1.96 bits per heavy atom. The van der Waals surface area contributed by atoms with Gasteiger partial charge in [-0.2, -0.15) is 0 Å². The molecule has 3 N–H and O–H groups in total. The normalized spacial score (nSPS) is 10.4. The molecule has 3 aromatic rings. The number of nitrogens with one attached hydrogen (secondary N) is 3. The van der Waals surface area contributed by atoms with Crippen LogP contribution in [-0.2, 0) is 4.79 Å². The number of hydrogen-bond donors (Lipinski definition) is 3. The lowest BCUT2D eigenvalue weighted by molar-refractivity contribution is -0.384. The Morgan fingerprint density at radius 3 is 2.68 bits per heavy atom. The molecule has 8 nitrogen and oxygen atoms in total. The molecule has 1 heterocycles. The number of benzene rings is 2. The number of nitrogens with zero attached hydrogens (tertiary/aromatic N) is 1. The van der Waals surface area contributed by atoms with Crippen molar-refractivity contribution >= 4 is 34.0 Å². The van der Waals surface area contributed by atoms with E-state index < -0.39 is 16.6 Å². The summed E-state index contributed by atoms with van der Waals surface area (Å²) in [4.78, 5) is 37.6. The number of fused-ring (bicyclic) bond motifs is 1. The third kappa shape index (κ3) is 3.32. The van der Waals surface area contributed by atoms with Gasteiger partial charge in [0.2, 0.25) is 0 Å². The van der Waals surface area contributed by atoms with Crippen molar-refractivity contribution in [1.29, 1.82) is 0 Å². The molecule has 0 aliphatic rings. The van der Waals surface area contributed by atoms with Gasteiger partial charge in [-0.25, -0.2) is 0 Å². The molecule has 2 aromatic carbocycles. The number of non-ortho nitro benzene ring substituents is 1. The highest BCUT2D eigenvalue weighted by molar-refractivity contribution is 6.45. The molecule has 0 saturated heterocycles. The maximum Gasteiger partial charge on any atom is 0.310 e. The van der Waals surface area contributed by atoms with E-state index in [2.05, 4.69) is 15.8 Å². The van der Waals surface area contributed by atoms with E-state index in [1.807, 2.05) is 19.1 Å². The number of hydrazine groups is 1. The number of rotatable bonds is 5. The Balaban J connectivity index is 1.80. The number of aromatic nitrogens is 1. The number of anilines is 1. The lowest BCUT2D eigenvalue weighted by Gasteiger charge is -2.08. The first-order valence-electron chi connectivity index (χ1n) is 7.38. The first kappa shape index (κ1) is 16.2. The van der Waals surface area contributed by atoms with Crippen molar-refractivity contribution in [3.8, 4) is 0 Å². The number of aryl methyl sites for hydroxylation is 1. The van der Waals surface area contributed by atoms with Gasteiger partial charge in [-0.1, -0.05) is 12.1 Å². The SMILES string of the molecule is Cc1cccc(NNC(=O)C(=O)c2c[nH]c3ccc([N+](=O)[O-])cc23)c1. The van der Waals surface area contributed by atoms with Gasteiger partial charge in [0.1, 0.15) is 0 Å². The van der Waals surface area contributed by atoms with E-state index in [0.29, 0.717) is 16.6 Å². The molecule has 0 radical (unpaired) electrons. The number of nitro groups is 1. The number of nitro benzene ring substituents is 1. The predicted molar refractivity (Wildman–Crippen MR) is 92.2 cm³/mol. The van der Waals surface area contributed by atoms with Crippen molar-refractivity contribution in [3.63, 3.8) is 0 Å². The Labute approximate surface area is 142 Å². The van der Waals surface area contributed by atoms with Crippen molar-refractivity contribution in [2.75, 3.05) is 5.43 Å². The van der Waals surface area contributed by atoms with Crippen LogP contribution < -0.4 is 10.9 Å². The highest BCUT2D eigenvalue weighted by Crippen LogP contribution is 2.24. The van der Waals surface area contributed by atoms with E-state index in [9.17, 15) is 19.7 Å². The Kier molecular flexibility index (Phi) is 4.17. The molecule has 0 atom stereocenters. The number of H-pyrrole nitrogens is 1. The number of hydrogen-bond acceptors (Lipinski definition) is 5. The highest BCUT2D eigenvalue weighted by atomic mass is 16.6. The summed E-state index contributed by atoms with van der Waals surface area (Å²) in [5.41, 5.74) is 7.08. The number of ketones is 1. The van der Waals surface area contributed by atoms with Crippen molar-refractivity contribution in [2.24, 2.45) is 0 Å². The standard InChI is InChI=1S/C17H14N4O4/c1-10-3-2-4-11(7-10)19-20-17(23)16(22)14-9-18-15-6-5-12(21(24)25)8-13(14)15/h2-9,18-19H,1H3,(H,20,23). The fraction of sp³-hybridized carbons (Fsp3) is 0.0588. The third-order valence-electron chi connectivity index (χ3n) is 3.67. The van der Waals surface area contributed by atoms with Crippen molar-refractivity contribution in [1.82, 2.24) is 10.4 Å². The van der Waals surface area contributed by atoms with Gasteiger partial charge in [-0.3, -0.25) is 30.6 Å². The topological polar surface area (TPSA) is 117 Å². The maximum atomic E-state index is 12.3. The van der Waals surface area contributed by atoms with Crippen molar-refractivity contribution in [3.05, 3.63) is 69.9 Å². The Bertz CT molecular complexity index is 993. The molecule has 0 spiro atoms. The molecule has 0 fully saturated rings. The summed E-state index contributed by atoms with van der Waals surface area (Å²) in [7, 11) is 0. The summed E-state index contributed by atoms with van der Waals surface area (Å²) in [6, 6.07) is 11.3. The molecule has 0 saturated carbocycles. The fourth-order valence-corrected chi connectivity index (χ4v) is 2.44. The third-order valence-corrected chi connectivity index (χ3v) is 3.67. The average molecular weight is 338 g/mol. The first-order valence-corrected chi connectivity index (χ1v) is 7.38. The van der Waals surface area contributed by atoms with Crippen LogP contribution in [0.1, 0.15) is 15.9 Å². The molecule has 3 rings (SSSR count). The predicted octanol–water partition coefficient (Wildman–Crippen LogP) is 2.71. The van der Waals surface area contributed by atoms with Gasteiger partial charge < -0.3 is 4.98 Å². The second-order valence-corrected chi connectivity index (χ2v) is 5.47. The second kappa shape index (κ2) is 6.44. The minimum Gasteiger partial charge on any atom is -0.360 e.